The second kappa shape index (κ2) is 5.74. The summed E-state index contributed by atoms with van der Waals surface area (Å²) < 4.78 is 2.16. The van der Waals surface area contributed by atoms with Gasteiger partial charge in [-0.25, -0.2) is 0 Å². The molecular weight excluding hydrogens is 451 g/mol. The van der Waals surface area contributed by atoms with Crippen LogP contribution in [-0.2, 0) is 0 Å². The second-order valence-electron chi connectivity index (χ2n) is 3.60. The lowest BCUT2D eigenvalue weighted by Crippen LogP contribution is -1.92. The fourth-order valence-corrected chi connectivity index (χ4v) is 5.35. The van der Waals surface area contributed by atoms with Crippen molar-refractivity contribution in [2.24, 2.45) is 0 Å². The first-order valence-corrected chi connectivity index (χ1v) is 8.53. The molecule has 0 aliphatic rings. The summed E-state index contributed by atoms with van der Waals surface area (Å²) in [5.74, 6) is 0. The number of alkyl halides is 1. The monoisotopic (exact) mass is 456 g/mol. The third-order valence-electron chi connectivity index (χ3n) is 2.30. The van der Waals surface area contributed by atoms with Crippen molar-refractivity contribution in [1.82, 2.24) is 0 Å². The van der Waals surface area contributed by atoms with E-state index in [0.717, 1.165) is 19.5 Å². The number of halogens is 4. The highest BCUT2D eigenvalue weighted by Crippen LogP contribution is 2.43. The third kappa shape index (κ3) is 3.16. The van der Waals surface area contributed by atoms with Gasteiger partial charge in [0, 0.05) is 23.7 Å². The minimum atomic E-state index is 0.112. The van der Waals surface area contributed by atoms with E-state index in [-0.39, 0.29) is 4.83 Å². The van der Waals surface area contributed by atoms with Gasteiger partial charge in [0.2, 0.25) is 0 Å². The molecule has 1 heterocycles. The Kier molecular flexibility index (Phi) is 4.75. The molecule has 0 radical (unpaired) electrons. The van der Waals surface area contributed by atoms with Crippen LogP contribution in [0.3, 0.4) is 0 Å². The smallest absolute Gasteiger partial charge is 0.0764 e. The van der Waals surface area contributed by atoms with Crippen LogP contribution in [0.4, 0.5) is 0 Å². The Balaban J connectivity index is 2.46. The summed E-state index contributed by atoms with van der Waals surface area (Å²) in [7, 11) is 0. The van der Waals surface area contributed by atoms with E-state index >= 15 is 0 Å². The average molecular weight is 459 g/mol. The number of hydrogen-bond acceptors (Lipinski definition) is 1. The van der Waals surface area contributed by atoms with Crippen molar-refractivity contribution in [3.63, 3.8) is 0 Å². The Morgan fingerprint density at radius 3 is 2.53 bits per heavy atom. The molecule has 0 aliphatic carbocycles. The minimum absolute atomic E-state index is 0.112. The van der Waals surface area contributed by atoms with E-state index in [9.17, 15) is 0 Å². The summed E-state index contributed by atoms with van der Waals surface area (Å²) in [5, 5.41) is 0.771. The lowest BCUT2D eigenvalue weighted by Gasteiger charge is -2.11. The van der Waals surface area contributed by atoms with Crippen molar-refractivity contribution in [1.29, 1.82) is 0 Å². The van der Waals surface area contributed by atoms with Crippen molar-refractivity contribution in [3.05, 3.63) is 53.6 Å². The quantitative estimate of drug-likeness (QED) is 0.438. The number of thiophene rings is 1. The lowest BCUT2D eigenvalue weighted by molar-refractivity contribution is 1.21. The molecule has 0 spiro atoms. The van der Waals surface area contributed by atoms with Crippen LogP contribution in [-0.4, -0.2) is 0 Å². The van der Waals surface area contributed by atoms with Gasteiger partial charge >= 0.3 is 0 Å². The van der Waals surface area contributed by atoms with Gasteiger partial charge in [-0.05, 0) is 52.7 Å². The van der Waals surface area contributed by atoms with Gasteiger partial charge in [0.15, 0.2) is 0 Å². The molecule has 0 bridgehead atoms. The SMILES string of the molecule is Cc1cc(Br)c(C(Br)c2cc(Br)ccc2Cl)s1. The molecule has 0 aliphatic heterocycles. The van der Waals surface area contributed by atoms with E-state index in [1.165, 1.54) is 9.75 Å². The van der Waals surface area contributed by atoms with Crippen LogP contribution in [0, 0.1) is 6.92 Å². The van der Waals surface area contributed by atoms with Crippen LogP contribution in [0.25, 0.3) is 0 Å². The van der Waals surface area contributed by atoms with Gasteiger partial charge in [0.1, 0.15) is 0 Å². The topological polar surface area (TPSA) is 0 Å². The Morgan fingerprint density at radius 2 is 1.94 bits per heavy atom. The standard InChI is InChI=1S/C12H8Br3ClS/c1-6-4-9(14)12(17-6)11(15)8-5-7(13)2-3-10(8)16/h2-5,11H,1H3. The van der Waals surface area contributed by atoms with Crippen molar-refractivity contribution in [3.8, 4) is 0 Å². The largest absolute Gasteiger partial charge is 0.143 e. The van der Waals surface area contributed by atoms with Crippen LogP contribution in [0.1, 0.15) is 20.1 Å². The van der Waals surface area contributed by atoms with Crippen LogP contribution < -0.4 is 0 Å². The fraction of sp³-hybridized carbons (Fsp3) is 0.167. The molecule has 0 N–H and O–H groups in total. The summed E-state index contributed by atoms with van der Waals surface area (Å²) in [6.45, 7) is 2.10. The Labute approximate surface area is 135 Å². The average Bonchev–Trinajstić information content (AvgIpc) is 2.60. The van der Waals surface area contributed by atoms with Crippen LogP contribution in [0.2, 0.25) is 5.02 Å². The maximum Gasteiger partial charge on any atom is 0.0764 e. The molecule has 2 aromatic rings. The molecule has 0 amide bonds. The highest BCUT2D eigenvalue weighted by molar-refractivity contribution is 9.11. The molecule has 0 fully saturated rings. The molecule has 0 nitrogen and oxygen atoms in total. The molecule has 17 heavy (non-hydrogen) atoms. The van der Waals surface area contributed by atoms with Gasteiger partial charge < -0.3 is 0 Å². The molecule has 0 saturated carbocycles. The van der Waals surface area contributed by atoms with Gasteiger partial charge in [-0.3, -0.25) is 0 Å². The molecule has 1 unspecified atom stereocenters. The molecule has 1 aromatic heterocycles. The van der Waals surface area contributed by atoms with Crippen LogP contribution in [0.15, 0.2) is 33.2 Å². The Bertz CT molecular complexity index is 551. The van der Waals surface area contributed by atoms with E-state index in [4.69, 9.17) is 11.6 Å². The van der Waals surface area contributed by atoms with Crippen molar-refractivity contribution >= 4 is 70.7 Å². The number of hydrogen-bond donors (Lipinski definition) is 0. The lowest BCUT2D eigenvalue weighted by atomic mass is 10.1. The normalized spacial score (nSPS) is 12.8. The van der Waals surface area contributed by atoms with Crippen molar-refractivity contribution < 1.29 is 0 Å². The zero-order chi connectivity index (χ0) is 12.6. The van der Waals surface area contributed by atoms with E-state index < -0.39 is 0 Å². The van der Waals surface area contributed by atoms with E-state index in [2.05, 4.69) is 60.8 Å². The predicted molar refractivity (Wildman–Crippen MR) is 86.7 cm³/mol. The third-order valence-corrected chi connectivity index (χ3v) is 6.42. The van der Waals surface area contributed by atoms with E-state index in [0.29, 0.717) is 0 Å². The number of rotatable bonds is 2. The van der Waals surface area contributed by atoms with Crippen LogP contribution >= 0.6 is 70.7 Å². The molecule has 2 rings (SSSR count). The Morgan fingerprint density at radius 1 is 1.24 bits per heavy atom. The molecule has 90 valence electrons. The fourth-order valence-electron chi connectivity index (χ4n) is 1.52. The maximum absolute atomic E-state index is 6.24. The summed E-state index contributed by atoms with van der Waals surface area (Å²) in [5.41, 5.74) is 1.07. The van der Waals surface area contributed by atoms with E-state index in [1.807, 2.05) is 18.2 Å². The van der Waals surface area contributed by atoms with Crippen molar-refractivity contribution in [2.75, 3.05) is 0 Å². The first-order valence-electron chi connectivity index (χ1n) is 4.84. The minimum Gasteiger partial charge on any atom is -0.143 e. The summed E-state index contributed by atoms with van der Waals surface area (Å²) in [4.78, 5) is 2.63. The zero-order valence-corrected chi connectivity index (χ0v) is 15.1. The maximum atomic E-state index is 6.24. The Hall–Kier alpha value is 0.650. The van der Waals surface area contributed by atoms with Gasteiger partial charge in [-0.2, -0.15) is 0 Å². The predicted octanol–water partition coefficient (Wildman–Crippen LogP) is 6.72. The first kappa shape index (κ1) is 14.1. The first-order chi connectivity index (χ1) is 7.99. The van der Waals surface area contributed by atoms with Crippen LogP contribution in [0.5, 0.6) is 0 Å². The highest BCUT2D eigenvalue weighted by atomic mass is 79.9. The molecule has 5 heteroatoms. The molecule has 0 saturated heterocycles. The van der Waals surface area contributed by atoms with Gasteiger partial charge in [-0.15, -0.1) is 11.3 Å². The van der Waals surface area contributed by atoms with Crippen molar-refractivity contribution in [2.45, 2.75) is 11.8 Å². The second-order valence-corrected chi connectivity index (χ2v) is 7.98. The molecule has 1 aromatic carbocycles. The summed E-state index contributed by atoms with van der Waals surface area (Å²) in [6, 6.07) is 8.02. The summed E-state index contributed by atoms with van der Waals surface area (Å²) >= 11 is 18.8. The van der Waals surface area contributed by atoms with Gasteiger partial charge in [-0.1, -0.05) is 43.5 Å². The number of aryl methyl sites for hydroxylation is 1. The molecule has 1 atom stereocenters. The number of benzene rings is 1. The van der Waals surface area contributed by atoms with Gasteiger partial charge in [0.25, 0.3) is 0 Å². The zero-order valence-electron chi connectivity index (χ0n) is 8.81. The van der Waals surface area contributed by atoms with Gasteiger partial charge in [0.05, 0.1) is 4.83 Å². The van der Waals surface area contributed by atoms with E-state index in [1.54, 1.807) is 11.3 Å². The summed E-state index contributed by atoms with van der Waals surface area (Å²) in [6.07, 6.45) is 0. The molecular formula is C12H8Br3ClS. The highest BCUT2D eigenvalue weighted by Gasteiger charge is 2.19.